The molecular formula is C10H17N3O. The molecule has 1 aliphatic rings. The fourth-order valence-electron chi connectivity index (χ4n) is 2.04. The molecule has 0 aliphatic carbocycles. The van der Waals surface area contributed by atoms with Crippen molar-refractivity contribution in [2.75, 3.05) is 20.1 Å². The average Bonchev–Trinajstić information content (AvgIpc) is 2.64. The van der Waals surface area contributed by atoms with Crippen LogP contribution in [0.5, 0.6) is 0 Å². The molecule has 0 spiro atoms. The number of aromatic nitrogens is 1. The lowest BCUT2D eigenvalue weighted by Crippen LogP contribution is -2.32. The summed E-state index contributed by atoms with van der Waals surface area (Å²) in [5.41, 5.74) is 6.65. The van der Waals surface area contributed by atoms with E-state index >= 15 is 0 Å². The minimum Gasteiger partial charge on any atom is -0.447 e. The van der Waals surface area contributed by atoms with E-state index in [1.54, 1.807) is 6.39 Å². The molecule has 0 aromatic carbocycles. The molecule has 2 rings (SSSR count). The van der Waals surface area contributed by atoms with E-state index in [1.807, 2.05) is 0 Å². The van der Waals surface area contributed by atoms with E-state index in [1.165, 1.54) is 0 Å². The van der Waals surface area contributed by atoms with Crippen LogP contribution in [0, 0.1) is 0 Å². The van der Waals surface area contributed by atoms with Crippen molar-refractivity contribution in [1.82, 2.24) is 9.88 Å². The second-order valence-corrected chi connectivity index (χ2v) is 3.84. The van der Waals surface area contributed by atoms with Crippen molar-refractivity contribution in [2.45, 2.75) is 25.3 Å². The first-order valence-corrected chi connectivity index (χ1v) is 5.15. The number of hydrogen-bond acceptors (Lipinski definition) is 4. The lowest BCUT2D eigenvalue weighted by molar-refractivity contribution is 0.186. The van der Waals surface area contributed by atoms with Crippen molar-refractivity contribution in [1.29, 1.82) is 0 Å². The van der Waals surface area contributed by atoms with E-state index in [4.69, 9.17) is 10.2 Å². The zero-order valence-electron chi connectivity index (χ0n) is 8.57. The first kappa shape index (κ1) is 9.68. The van der Waals surface area contributed by atoms with Crippen LogP contribution in [-0.2, 0) is 6.42 Å². The van der Waals surface area contributed by atoms with Gasteiger partial charge in [0.2, 0.25) is 0 Å². The molecular weight excluding hydrogens is 178 g/mol. The van der Waals surface area contributed by atoms with Crippen molar-refractivity contribution in [3.05, 3.63) is 17.8 Å². The summed E-state index contributed by atoms with van der Waals surface area (Å²) in [7, 11) is 2.13. The summed E-state index contributed by atoms with van der Waals surface area (Å²) in [6, 6.07) is 0.379. The number of likely N-dealkylation sites (N-methyl/N-ethyl adjacent to an activating group) is 1. The monoisotopic (exact) mass is 195 g/mol. The van der Waals surface area contributed by atoms with Crippen LogP contribution < -0.4 is 5.73 Å². The Balaban J connectivity index is 2.14. The summed E-state index contributed by atoms with van der Waals surface area (Å²) in [6.07, 6.45) is 4.66. The third-order valence-electron chi connectivity index (χ3n) is 2.89. The Kier molecular flexibility index (Phi) is 2.84. The molecule has 1 atom stereocenters. The van der Waals surface area contributed by atoms with E-state index in [2.05, 4.69) is 16.9 Å². The predicted molar refractivity (Wildman–Crippen MR) is 53.9 cm³/mol. The van der Waals surface area contributed by atoms with E-state index in [0.29, 0.717) is 6.04 Å². The highest BCUT2D eigenvalue weighted by Gasteiger charge is 2.27. The molecule has 0 saturated carbocycles. The second-order valence-electron chi connectivity index (χ2n) is 3.84. The smallest absolute Gasteiger partial charge is 0.181 e. The Morgan fingerprint density at radius 3 is 3.36 bits per heavy atom. The highest BCUT2D eigenvalue weighted by Crippen LogP contribution is 2.30. The highest BCUT2D eigenvalue weighted by atomic mass is 16.3. The van der Waals surface area contributed by atoms with Gasteiger partial charge in [-0.3, -0.25) is 4.90 Å². The molecule has 0 saturated heterocycles. The van der Waals surface area contributed by atoms with Crippen LogP contribution in [0.15, 0.2) is 10.8 Å². The lowest BCUT2D eigenvalue weighted by Gasteiger charge is -2.30. The van der Waals surface area contributed by atoms with Gasteiger partial charge in [-0.1, -0.05) is 0 Å². The third kappa shape index (κ3) is 1.67. The number of oxazole rings is 1. The van der Waals surface area contributed by atoms with Crippen molar-refractivity contribution in [3.63, 3.8) is 0 Å². The van der Waals surface area contributed by atoms with Gasteiger partial charge in [0, 0.05) is 13.0 Å². The van der Waals surface area contributed by atoms with Crippen LogP contribution in [0.3, 0.4) is 0 Å². The molecule has 2 N–H and O–H groups in total. The van der Waals surface area contributed by atoms with Crippen LogP contribution >= 0.6 is 0 Å². The van der Waals surface area contributed by atoms with Crippen molar-refractivity contribution in [3.8, 4) is 0 Å². The number of hydrogen-bond donors (Lipinski definition) is 1. The molecule has 14 heavy (non-hydrogen) atoms. The predicted octanol–water partition coefficient (Wildman–Crippen LogP) is 0.943. The Morgan fingerprint density at radius 2 is 2.57 bits per heavy atom. The first-order valence-electron chi connectivity index (χ1n) is 5.15. The van der Waals surface area contributed by atoms with Crippen LogP contribution in [0.25, 0.3) is 0 Å². The SMILES string of the molecule is CN1CCc2ncoc2C1CCCN. The Morgan fingerprint density at radius 1 is 1.71 bits per heavy atom. The topological polar surface area (TPSA) is 55.3 Å². The molecule has 1 unspecified atom stereocenters. The van der Waals surface area contributed by atoms with Crippen LogP contribution in [0.4, 0.5) is 0 Å². The summed E-state index contributed by atoms with van der Waals surface area (Å²) in [5, 5.41) is 0. The maximum absolute atomic E-state index is 5.52. The minimum atomic E-state index is 0.379. The maximum atomic E-state index is 5.52. The number of nitrogens with zero attached hydrogens (tertiary/aromatic N) is 2. The first-order chi connectivity index (χ1) is 6.83. The number of rotatable bonds is 3. The largest absolute Gasteiger partial charge is 0.447 e. The molecule has 4 heteroatoms. The van der Waals surface area contributed by atoms with Gasteiger partial charge in [-0.25, -0.2) is 4.98 Å². The van der Waals surface area contributed by atoms with Crippen LogP contribution in [0.2, 0.25) is 0 Å². The van der Waals surface area contributed by atoms with Gasteiger partial charge >= 0.3 is 0 Å². The molecule has 4 nitrogen and oxygen atoms in total. The summed E-state index contributed by atoms with van der Waals surface area (Å²) in [4.78, 5) is 6.55. The van der Waals surface area contributed by atoms with Crippen molar-refractivity contribution < 1.29 is 4.42 Å². The summed E-state index contributed by atoms with van der Waals surface area (Å²) in [6.45, 7) is 1.81. The van der Waals surface area contributed by atoms with Gasteiger partial charge in [-0.05, 0) is 26.4 Å². The minimum absolute atomic E-state index is 0.379. The Labute approximate surface area is 84.1 Å². The fourth-order valence-corrected chi connectivity index (χ4v) is 2.04. The van der Waals surface area contributed by atoms with Crippen LogP contribution in [-0.4, -0.2) is 30.0 Å². The van der Waals surface area contributed by atoms with Gasteiger partial charge in [-0.2, -0.15) is 0 Å². The van der Waals surface area contributed by atoms with Gasteiger partial charge in [0.25, 0.3) is 0 Å². The van der Waals surface area contributed by atoms with Gasteiger partial charge < -0.3 is 10.2 Å². The van der Waals surface area contributed by atoms with E-state index in [-0.39, 0.29) is 0 Å². The molecule has 0 bridgehead atoms. The second kappa shape index (κ2) is 4.11. The molecule has 0 fully saturated rings. The molecule has 2 heterocycles. The summed E-state index contributed by atoms with van der Waals surface area (Å²) in [5.74, 6) is 1.05. The average molecular weight is 195 g/mol. The maximum Gasteiger partial charge on any atom is 0.181 e. The third-order valence-corrected chi connectivity index (χ3v) is 2.89. The lowest BCUT2D eigenvalue weighted by atomic mass is 10.0. The quantitative estimate of drug-likeness (QED) is 0.780. The Bertz CT molecular complexity index is 297. The number of nitrogens with two attached hydrogens (primary N) is 1. The molecule has 1 aliphatic heterocycles. The van der Waals surface area contributed by atoms with Gasteiger partial charge in [-0.15, -0.1) is 0 Å². The normalized spacial score (nSPS) is 22.3. The van der Waals surface area contributed by atoms with Gasteiger partial charge in [0.15, 0.2) is 6.39 Å². The zero-order chi connectivity index (χ0) is 9.97. The van der Waals surface area contributed by atoms with Gasteiger partial charge in [0.05, 0.1) is 11.7 Å². The summed E-state index contributed by atoms with van der Waals surface area (Å²) < 4.78 is 5.44. The molecule has 1 aromatic rings. The standard InChI is InChI=1S/C10H17N3O/c1-13-6-4-8-10(14-7-12-8)9(13)3-2-5-11/h7,9H,2-6,11H2,1H3. The Hall–Kier alpha value is -0.870. The van der Waals surface area contributed by atoms with Crippen molar-refractivity contribution >= 4 is 0 Å². The zero-order valence-corrected chi connectivity index (χ0v) is 8.57. The molecule has 0 radical (unpaired) electrons. The molecule has 1 aromatic heterocycles. The van der Waals surface area contributed by atoms with E-state index in [9.17, 15) is 0 Å². The fraction of sp³-hybridized carbons (Fsp3) is 0.700. The van der Waals surface area contributed by atoms with Crippen LogP contribution in [0.1, 0.15) is 30.3 Å². The molecule has 78 valence electrons. The number of fused-ring (bicyclic) bond motifs is 1. The summed E-state index contributed by atoms with van der Waals surface area (Å²) >= 11 is 0. The molecule has 0 amide bonds. The van der Waals surface area contributed by atoms with Gasteiger partial charge in [0.1, 0.15) is 5.76 Å². The van der Waals surface area contributed by atoms with Crippen molar-refractivity contribution in [2.24, 2.45) is 5.73 Å². The van der Waals surface area contributed by atoms with E-state index in [0.717, 1.165) is 43.8 Å². The highest BCUT2D eigenvalue weighted by molar-refractivity contribution is 5.15. The van der Waals surface area contributed by atoms with E-state index < -0.39 is 0 Å².